The highest BCUT2D eigenvalue weighted by Gasteiger charge is 2.45. The quantitative estimate of drug-likeness (QED) is 0.429. The van der Waals surface area contributed by atoms with Crippen LogP contribution in [0.4, 0.5) is 5.69 Å². The Morgan fingerprint density at radius 3 is 2.81 bits per heavy atom. The van der Waals surface area contributed by atoms with E-state index in [1.54, 1.807) is 18.2 Å². The molecule has 1 saturated carbocycles. The van der Waals surface area contributed by atoms with Crippen LogP contribution in [0.5, 0.6) is 5.75 Å². The van der Waals surface area contributed by atoms with Crippen LogP contribution in [0.3, 0.4) is 0 Å². The van der Waals surface area contributed by atoms with E-state index in [2.05, 4.69) is 21.8 Å². The average Bonchev–Trinajstić information content (AvgIpc) is 3.37. The van der Waals surface area contributed by atoms with Crippen LogP contribution in [0, 0.1) is 17.8 Å². The first-order valence-corrected chi connectivity index (χ1v) is 16.9. The van der Waals surface area contributed by atoms with Crippen molar-refractivity contribution < 1.29 is 27.8 Å². The molecule has 2 aromatic carbocycles. The number of amides is 1. The van der Waals surface area contributed by atoms with E-state index in [4.69, 9.17) is 21.1 Å². The molecule has 3 aliphatic heterocycles. The molecule has 1 amide bonds. The predicted molar refractivity (Wildman–Crippen MR) is 161 cm³/mol. The first-order chi connectivity index (χ1) is 20.2. The molecule has 224 valence electrons. The lowest BCUT2D eigenvalue weighted by molar-refractivity contribution is 0.0455. The number of hydrogen-bond donors (Lipinski definition) is 2. The fraction of sp³-hybridized carbons (Fsp3) is 0.531. The zero-order valence-corrected chi connectivity index (χ0v) is 25.1. The van der Waals surface area contributed by atoms with Gasteiger partial charge in [0.1, 0.15) is 11.0 Å². The van der Waals surface area contributed by atoms with Gasteiger partial charge in [-0.2, -0.15) is 0 Å². The van der Waals surface area contributed by atoms with Crippen LogP contribution < -0.4 is 14.4 Å². The molecule has 2 aliphatic carbocycles. The third kappa shape index (κ3) is 5.02. The molecule has 10 heteroatoms. The van der Waals surface area contributed by atoms with Gasteiger partial charge < -0.3 is 19.5 Å². The molecule has 5 aliphatic rings. The summed E-state index contributed by atoms with van der Waals surface area (Å²) < 4.78 is 41.0. The van der Waals surface area contributed by atoms with Crippen molar-refractivity contribution in [3.63, 3.8) is 0 Å². The molecule has 2 aromatic rings. The number of carbonyl (C=O) groups excluding carboxylic acids is 1. The first kappa shape index (κ1) is 28.2. The van der Waals surface area contributed by atoms with Crippen LogP contribution in [-0.4, -0.2) is 63.7 Å². The molecule has 42 heavy (non-hydrogen) atoms. The van der Waals surface area contributed by atoms with E-state index in [9.17, 15) is 18.3 Å². The number of sulfonamides is 1. The van der Waals surface area contributed by atoms with Gasteiger partial charge >= 0.3 is 0 Å². The summed E-state index contributed by atoms with van der Waals surface area (Å²) in [5, 5.41) is 11.0. The van der Waals surface area contributed by atoms with E-state index in [0.29, 0.717) is 38.5 Å². The maximum Gasteiger partial charge on any atom is 0.264 e. The Hall–Kier alpha value is -2.59. The second-order valence-corrected chi connectivity index (χ2v) is 15.1. The van der Waals surface area contributed by atoms with Crippen LogP contribution in [-0.2, 0) is 26.6 Å². The SMILES string of the molecule is O=C1NS(=O)(=O)[C@@H]2COC[C@H]2C/C=C/[C@H](O)[C@@H]2CC[C@H]2CN2C[C@@]3(CCCc4cc(Cl)ccc43)COc3ccc1cc32. The largest absolute Gasteiger partial charge is 0.490 e. The van der Waals surface area contributed by atoms with Crippen molar-refractivity contribution in [1.29, 1.82) is 0 Å². The number of rotatable bonds is 0. The van der Waals surface area contributed by atoms with E-state index >= 15 is 0 Å². The van der Waals surface area contributed by atoms with Gasteiger partial charge in [0.15, 0.2) is 0 Å². The Bertz CT molecular complexity index is 1530. The topological polar surface area (TPSA) is 105 Å². The number of benzene rings is 2. The molecule has 1 spiro atoms. The average molecular weight is 613 g/mol. The summed E-state index contributed by atoms with van der Waals surface area (Å²) in [4.78, 5) is 15.7. The number of halogens is 1. The Labute approximate surface area is 252 Å². The van der Waals surface area contributed by atoms with Crippen LogP contribution in [0.2, 0.25) is 5.02 Å². The van der Waals surface area contributed by atoms with Crippen molar-refractivity contribution in [2.75, 3.05) is 37.8 Å². The van der Waals surface area contributed by atoms with Gasteiger partial charge in [-0.05, 0) is 91.8 Å². The van der Waals surface area contributed by atoms with Crippen LogP contribution in [0.15, 0.2) is 48.6 Å². The Balaban J connectivity index is 1.29. The molecule has 2 bridgehead atoms. The van der Waals surface area contributed by atoms with Gasteiger partial charge in [0.25, 0.3) is 5.91 Å². The Morgan fingerprint density at radius 1 is 1.10 bits per heavy atom. The highest BCUT2D eigenvalue weighted by molar-refractivity contribution is 7.90. The molecule has 1 saturated heterocycles. The standard InChI is InChI=1S/C32H37ClN2O6S/c33-24-8-10-26-20(13-24)4-2-12-32(26)18-35-15-22-6-9-25(22)28(36)5-1-3-23-16-40-17-30(23)42(38,39)34-31(37)21-7-11-29(41-19-32)27(35)14-21/h1,5,7-8,10-11,13-14,22-23,25,28,30,36H,2-4,6,9,12,15-19H2,(H,34,37)/b5-1+/t22-,23+,25+,28-,30+,32-/m0/s1. The number of aryl methyl sites for hydroxylation is 1. The number of hydrogen-bond acceptors (Lipinski definition) is 7. The summed E-state index contributed by atoms with van der Waals surface area (Å²) in [6.07, 6.45) is 8.47. The number of fused-ring (bicyclic) bond motifs is 5. The molecule has 6 atom stereocenters. The zero-order chi connectivity index (χ0) is 29.1. The lowest BCUT2D eigenvalue weighted by Gasteiger charge is -2.45. The molecular formula is C32H37ClN2O6S. The van der Waals surface area contributed by atoms with Gasteiger partial charge in [-0.3, -0.25) is 4.79 Å². The number of ether oxygens (including phenoxy) is 2. The number of nitrogens with one attached hydrogen (secondary N) is 1. The van der Waals surface area contributed by atoms with Gasteiger partial charge in [0.05, 0.1) is 31.6 Å². The maximum atomic E-state index is 13.4. The van der Waals surface area contributed by atoms with E-state index in [-0.39, 0.29) is 35.3 Å². The second-order valence-electron chi connectivity index (χ2n) is 12.8. The molecule has 8 nitrogen and oxygen atoms in total. The number of aliphatic hydroxyl groups is 1. The molecule has 0 radical (unpaired) electrons. The van der Waals surface area contributed by atoms with Crippen molar-refractivity contribution in [1.82, 2.24) is 4.72 Å². The van der Waals surface area contributed by atoms with Gasteiger partial charge in [0, 0.05) is 35.0 Å². The summed E-state index contributed by atoms with van der Waals surface area (Å²) >= 11 is 6.38. The number of allylic oxidation sites excluding steroid dienone is 1. The molecule has 2 N–H and O–H groups in total. The number of carbonyl (C=O) groups is 1. The Kier molecular flexibility index (Phi) is 7.28. The smallest absolute Gasteiger partial charge is 0.264 e. The van der Waals surface area contributed by atoms with Gasteiger partial charge in [-0.15, -0.1) is 0 Å². The minimum absolute atomic E-state index is 0.0367. The van der Waals surface area contributed by atoms with E-state index in [1.165, 1.54) is 11.1 Å². The predicted octanol–water partition coefficient (Wildman–Crippen LogP) is 4.23. The third-order valence-corrected chi connectivity index (χ3v) is 12.2. The molecule has 0 aromatic heterocycles. The number of nitrogens with zero attached hydrogens (tertiary/aromatic N) is 1. The first-order valence-electron chi connectivity index (χ1n) is 15.0. The third-order valence-electron chi connectivity index (χ3n) is 10.2. The molecule has 7 rings (SSSR count). The van der Waals surface area contributed by atoms with Gasteiger partial charge in [-0.25, -0.2) is 13.1 Å². The summed E-state index contributed by atoms with van der Waals surface area (Å²) in [6, 6.07) is 11.3. The van der Waals surface area contributed by atoms with E-state index < -0.39 is 27.3 Å². The van der Waals surface area contributed by atoms with Gasteiger partial charge in [-0.1, -0.05) is 29.8 Å². The normalized spacial score (nSPS) is 34.6. The van der Waals surface area contributed by atoms with Crippen LogP contribution >= 0.6 is 11.6 Å². The highest BCUT2D eigenvalue weighted by atomic mass is 35.5. The Morgan fingerprint density at radius 2 is 1.98 bits per heavy atom. The molecule has 3 heterocycles. The summed E-state index contributed by atoms with van der Waals surface area (Å²) in [5.41, 5.74) is 3.29. The lowest BCUT2D eigenvalue weighted by Crippen LogP contribution is -2.49. The fourth-order valence-electron chi connectivity index (χ4n) is 7.75. The summed E-state index contributed by atoms with van der Waals surface area (Å²) in [6.45, 7) is 2.23. The minimum atomic E-state index is -3.99. The van der Waals surface area contributed by atoms with Crippen LogP contribution in [0.25, 0.3) is 0 Å². The highest BCUT2D eigenvalue weighted by Crippen LogP contribution is 2.46. The monoisotopic (exact) mass is 612 g/mol. The minimum Gasteiger partial charge on any atom is -0.490 e. The number of anilines is 1. The van der Waals surface area contributed by atoms with Crippen molar-refractivity contribution in [3.8, 4) is 5.75 Å². The summed E-state index contributed by atoms with van der Waals surface area (Å²) in [5.74, 6) is 0.119. The van der Waals surface area contributed by atoms with Crippen molar-refractivity contribution in [2.45, 2.75) is 55.3 Å². The van der Waals surface area contributed by atoms with Gasteiger partial charge in [0.2, 0.25) is 10.0 Å². The molecular weight excluding hydrogens is 576 g/mol. The van der Waals surface area contributed by atoms with Crippen molar-refractivity contribution in [3.05, 3.63) is 70.3 Å². The van der Waals surface area contributed by atoms with E-state index in [0.717, 1.165) is 42.8 Å². The maximum absolute atomic E-state index is 13.4. The molecule has 0 unspecified atom stereocenters. The zero-order valence-electron chi connectivity index (χ0n) is 23.5. The van der Waals surface area contributed by atoms with Crippen molar-refractivity contribution >= 4 is 33.2 Å². The second kappa shape index (κ2) is 10.8. The van der Waals surface area contributed by atoms with E-state index in [1.807, 2.05) is 18.2 Å². The lowest BCUT2D eigenvalue weighted by atomic mass is 9.68. The van der Waals surface area contributed by atoms with Crippen molar-refractivity contribution in [2.24, 2.45) is 17.8 Å². The summed E-state index contributed by atoms with van der Waals surface area (Å²) in [7, 11) is -3.99. The fourth-order valence-corrected chi connectivity index (χ4v) is 9.44. The van der Waals surface area contributed by atoms with Crippen LogP contribution in [0.1, 0.15) is 53.6 Å². The molecule has 2 fully saturated rings. The number of aliphatic hydroxyl groups excluding tert-OH is 1.